The van der Waals surface area contributed by atoms with Crippen molar-refractivity contribution in [3.63, 3.8) is 0 Å². The molecular weight excluding hydrogens is 220 g/mol. The van der Waals surface area contributed by atoms with Gasteiger partial charge in [-0.1, -0.05) is 0 Å². The molecule has 0 amide bonds. The normalized spacial score (nSPS) is 14.4. The van der Waals surface area contributed by atoms with Gasteiger partial charge in [0.05, 0.1) is 0 Å². The molecule has 5 nitrogen and oxygen atoms in total. The van der Waals surface area contributed by atoms with E-state index in [1.807, 2.05) is 0 Å². The molecule has 0 aliphatic carbocycles. The number of carbonyl (C=O) groups excluding carboxylic acids is 1. The summed E-state index contributed by atoms with van der Waals surface area (Å²) in [7, 11) is 3.12. The quantitative estimate of drug-likeness (QED) is 0.460. The second-order valence-corrected chi connectivity index (χ2v) is 4.22. The number of benzene rings is 1. The molecular formula is C12H16N2O3. The standard InChI is InChI=1S/C12H16N2O3/c1-12(11(16)17,14(2)3)10(15)8-4-6-9(13)7-5-8/h4-7H,13H2,1-3H3,(H,16,17). The number of carboxylic acids is 1. The molecule has 0 aliphatic rings. The minimum Gasteiger partial charge on any atom is -0.480 e. The summed E-state index contributed by atoms with van der Waals surface area (Å²) in [5.74, 6) is -1.64. The van der Waals surface area contributed by atoms with E-state index in [4.69, 9.17) is 5.73 Å². The highest BCUT2D eigenvalue weighted by molar-refractivity contribution is 6.15. The van der Waals surface area contributed by atoms with E-state index >= 15 is 0 Å². The topological polar surface area (TPSA) is 83.6 Å². The summed E-state index contributed by atoms with van der Waals surface area (Å²) >= 11 is 0. The van der Waals surface area contributed by atoms with Gasteiger partial charge < -0.3 is 10.8 Å². The Morgan fingerprint density at radius 2 is 1.71 bits per heavy atom. The van der Waals surface area contributed by atoms with Gasteiger partial charge in [-0.3, -0.25) is 9.69 Å². The third kappa shape index (κ3) is 2.29. The molecule has 0 aliphatic heterocycles. The van der Waals surface area contributed by atoms with Crippen molar-refractivity contribution in [1.82, 2.24) is 4.90 Å². The maximum atomic E-state index is 12.2. The zero-order chi connectivity index (χ0) is 13.2. The summed E-state index contributed by atoms with van der Waals surface area (Å²) in [6.07, 6.45) is 0. The van der Waals surface area contributed by atoms with Crippen LogP contribution < -0.4 is 5.73 Å². The molecule has 0 saturated carbocycles. The van der Waals surface area contributed by atoms with Crippen LogP contribution in [0.3, 0.4) is 0 Å². The third-order valence-corrected chi connectivity index (χ3v) is 2.93. The first kappa shape index (κ1) is 13.2. The maximum absolute atomic E-state index is 12.2. The monoisotopic (exact) mass is 236 g/mol. The molecule has 1 aromatic rings. The Labute approximate surface area is 99.8 Å². The van der Waals surface area contributed by atoms with E-state index < -0.39 is 17.3 Å². The summed E-state index contributed by atoms with van der Waals surface area (Å²) in [5.41, 5.74) is 4.81. The summed E-state index contributed by atoms with van der Waals surface area (Å²) in [6, 6.07) is 6.21. The Morgan fingerprint density at radius 3 is 2.06 bits per heavy atom. The van der Waals surface area contributed by atoms with Crippen molar-refractivity contribution in [2.24, 2.45) is 0 Å². The van der Waals surface area contributed by atoms with E-state index in [-0.39, 0.29) is 0 Å². The highest BCUT2D eigenvalue weighted by atomic mass is 16.4. The Balaban J connectivity index is 3.18. The number of rotatable bonds is 4. The van der Waals surface area contributed by atoms with Crippen molar-refractivity contribution in [2.45, 2.75) is 12.5 Å². The van der Waals surface area contributed by atoms with Crippen LogP contribution in [0.5, 0.6) is 0 Å². The lowest BCUT2D eigenvalue weighted by Gasteiger charge is -2.30. The smallest absolute Gasteiger partial charge is 0.331 e. The molecule has 92 valence electrons. The second kappa shape index (κ2) is 4.55. The molecule has 0 bridgehead atoms. The number of Topliss-reactive ketones (excluding diaryl/α,β-unsaturated/α-hetero) is 1. The Hall–Kier alpha value is -1.88. The van der Waals surface area contributed by atoms with Gasteiger partial charge in [0, 0.05) is 11.3 Å². The fraction of sp³-hybridized carbons (Fsp3) is 0.333. The van der Waals surface area contributed by atoms with Crippen molar-refractivity contribution in [3.05, 3.63) is 29.8 Å². The minimum absolute atomic E-state index is 0.331. The summed E-state index contributed by atoms with van der Waals surface area (Å²) in [6.45, 7) is 1.38. The molecule has 0 heterocycles. The highest BCUT2D eigenvalue weighted by Gasteiger charge is 2.43. The number of nitrogens with zero attached hydrogens (tertiary/aromatic N) is 1. The molecule has 0 spiro atoms. The zero-order valence-corrected chi connectivity index (χ0v) is 10.1. The lowest BCUT2D eigenvalue weighted by molar-refractivity contribution is -0.145. The molecule has 5 heteroatoms. The van der Waals surface area contributed by atoms with E-state index in [0.717, 1.165) is 0 Å². The third-order valence-electron chi connectivity index (χ3n) is 2.93. The molecule has 0 fully saturated rings. The van der Waals surface area contributed by atoms with Gasteiger partial charge >= 0.3 is 5.97 Å². The van der Waals surface area contributed by atoms with Crippen LogP contribution in [0.15, 0.2) is 24.3 Å². The molecule has 0 saturated heterocycles. The van der Waals surface area contributed by atoms with Crippen molar-refractivity contribution in [1.29, 1.82) is 0 Å². The first-order valence-corrected chi connectivity index (χ1v) is 5.11. The van der Waals surface area contributed by atoms with Crippen LogP contribution in [0.2, 0.25) is 0 Å². The first-order valence-electron chi connectivity index (χ1n) is 5.11. The SMILES string of the molecule is CN(C)C(C)(C(=O)O)C(=O)c1ccc(N)cc1. The molecule has 0 aromatic heterocycles. The number of hydrogen-bond donors (Lipinski definition) is 2. The van der Waals surface area contributed by atoms with Crippen LogP contribution in [-0.4, -0.2) is 41.4 Å². The van der Waals surface area contributed by atoms with E-state index in [1.54, 1.807) is 26.2 Å². The highest BCUT2D eigenvalue weighted by Crippen LogP contribution is 2.20. The van der Waals surface area contributed by atoms with Gasteiger partial charge in [0.2, 0.25) is 0 Å². The second-order valence-electron chi connectivity index (χ2n) is 4.22. The van der Waals surface area contributed by atoms with Gasteiger partial charge in [-0.25, -0.2) is 4.79 Å². The molecule has 1 atom stereocenters. The minimum atomic E-state index is -1.57. The van der Waals surface area contributed by atoms with Crippen LogP contribution in [0.1, 0.15) is 17.3 Å². The number of carboxylic acid groups (broad SMARTS) is 1. The largest absolute Gasteiger partial charge is 0.480 e. The van der Waals surface area contributed by atoms with E-state index in [2.05, 4.69) is 0 Å². The zero-order valence-electron chi connectivity index (χ0n) is 10.1. The van der Waals surface area contributed by atoms with Crippen molar-refractivity contribution >= 4 is 17.4 Å². The van der Waals surface area contributed by atoms with Crippen LogP contribution in [0.4, 0.5) is 5.69 Å². The van der Waals surface area contributed by atoms with Gasteiger partial charge in [-0.05, 0) is 45.3 Å². The number of aliphatic carboxylic acids is 1. The van der Waals surface area contributed by atoms with Crippen LogP contribution in [0.25, 0.3) is 0 Å². The average Bonchev–Trinajstić information content (AvgIpc) is 2.27. The average molecular weight is 236 g/mol. The molecule has 1 rings (SSSR count). The van der Waals surface area contributed by atoms with Crippen LogP contribution in [0, 0.1) is 0 Å². The Kier molecular flexibility index (Phi) is 3.53. The summed E-state index contributed by atoms with van der Waals surface area (Å²) in [5, 5.41) is 9.20. The number of ketones is 1. The predicted octanol–water partition coefficient (Wildman–Crippen LogP) is 0.856. The molecule has 17 heavy (non-hydrogen) atoms. The van der Waals surface area contributed by atoms with Gasteiger partial charge in [0.25, 0.3) is 0 Å². The number of nitrogen functional groups attached to an aromatic ring is 1. The van der Waals surface area contributed by atoms with Gasteiger partial charge in [0.15, 0.2) is 11.3 Å². The first-order chi connectivity index (χ1) is 7.80. The number of nitrogens with two attached hydrogens (primary N) is 1. The lowest BCUT2D eigenvalue weighted by atomic mass is 9.90. The molecule has 0 radical (unpaired) electrons. The fourth-order valence-electron chi connectivity index (χ4n) is 1.41. The molecule has 3 N–H and O–H groups in total. The number of carbonyl (C=O) groups is 2. The Morgan fingerprint density at radius 1 is 1.24 bits per heavy atom. The number of anilines is 1. The van der Waals surface area contributed by atoms with E-state index in [1.165, 1.54) is 24.0 Å². The van der Waals surface area contributed by atoms with Crippen molar-refractivity contribution in [2.75, 3.05) is 19.8 Å². The van der Waals surface area contributed by atoms with Gasteiger partial charge in [0.1, 0.15) is 0 Å². The van der Waals surface area contributed by atoms with E-state index in [0.29, 0.717) is 11.3 Å². The maximum Gasteiger partial charge on any atom is 0.331 e. The van der Waals surface area contributed by atoms with E-state index in [9.17, 15) is 14.7 Å². The van der Waals surface area contributed by atoms with Crippen molar-refractivity contribution < 1.29 is 14.7 Å². The number of likely N-dealkylation sites (N-methyl/N-ethyl adjacent to an activating group) is 1. The van der Waals surface area contributed by atoms with Crippen LogP contribution in [-0.2, 0) is 4.79 Å². The van der Waals surface area contributed by atoms with Gasteiger partial charge in [-0.2, -0.15) is 0 Å². The van der Waals surface area contributed by atoms with Gasteiger partial charge in [-0.15, -0.1) is 0 Å². The predicted molar refractivity (Wildman–Crippen MR) is 64.9 cm³/mol. The van der Waals surface area contributed by atoms with Crippen LogP contribution >= 0.6 is 0 Å². The van der Waals surface area contributed by atoms with Crippen molar-refractivity contribution in [3.8, 4) is 0 Å². The summed E-state index contributed by atoms with van der Waals surface area (Å²) in [4.78, 5) is 24.8. The lowest BCUT2D eigenvalue weighted by Crippen LogP contribution is -2.54. The molecule has 1 unspecified atom stereocenters. The summed E-state index contributed by atoms with van der Waals surface area (Å²) < 4.78 is 0. The fourth-order valence-corrected chi connectivity index (χ4v) is 1.41. The molecule has 1 aromatic carbocycles. The Bertz CT molecular complexity index is 440. The number of hydrogen-bond acceptors (Lipinski definition) is 4.